The minimum Gasteiger partial charge on any atom is -0.486 e. The molecule has 0 radical (unpaired) electrons. The first-order valence-electron chi connectivity index (χ1n) is 10.5. The summed E-state index contributed by atoms with van der Waals surface area (Å²) in [7, 11) is 0. The molecule has 0 aliphatic carbocycles. The smallest absolute Gasteiger partial charge is 0.419 e. The van der Waals surface area contributed by atoms with Crippen LogP contribution in [0.1, 0.15) is 29.2 Å². The Morgan fingerprint density at radius 2 is 1.83 bits per heavy atom. The predicted molar refractivity (Wildman–Crippen MR) is 121 cm³/mol. The number of nitrogens with zero attached hydrogens (tertiary/aromatic N) is 2. The van der Waals surface area contributed by atoms with Crippen molar-refractivity contribution >= 4 is 28.6 Å². The number of amides is 2. The standard InChI is InChI=1S/C23H20N4O8/c28-21(7-4-12-26-18-10-8-15(27(31)32)13-20(18)35-23(26)30)24-25-22(29)19-11-9-17(34-19)14-33-16-5-2-1-3-6-16/h1-3,5-6,8-11,13H,4,7,12,14H2,(H,24,28)(H,25,29). The van der Waals surface area contributed by atoms with Gasteiger partial charge in [-0.3, -0.25) is 35.1 Å². The normalized spacial score (nSPS) is 10.7. The minimum atomic E-state index is -0.681. The molecule has 0 saturated heterocycles. The van der Waals surface area contributed by atoms with E-state index in [1.54, 1.807) is 18.2 Å². The van der Waals surface area contributed by atoms with Gasteiger partial charge in [-0.15, -0.1) is 0 Å². The molecule has 0 atom stereocenters. The van der Waals surface area contributed by atoms with Crippen molar-refractivity contribution in [2.75, 3.05) is 0 Å². The molecule has 4 aromatic rings. The Kier molecular flexibility index (Phi) is 6.91. The molecule has 180 valence electrons. The number of nitro groups is 1. The van der Waals surface area contributed by atoms with Gasteiger partial charge in [0.2, 0.25) is 5.91 Å². The number of ether oxygens (including phenoxy) is 1. The number of furan rings is 1. The summed E-state index contributed by atoms with van der Waals surface area (Å²) < 4.78 is 17.3. The molecule has 12 nitrogen and oxygen atoms in total. The number of non-ortho nitro benzene ring substituents is 1. The van der Waals surface area contributed by atoms with E-state index < -0.39 is 22.5 Å². The van der Waals surface area contributed by atoms with Crippen molar-refractivity contribution in [1.29, 1.82) is 0 Å². The summed E-state index contributed by atoms with van der Waals surface area (Å²) in [6, 6.07) is 16.0. The molecule has 2 heterocycles. The van der Waals surface area contributed by atoms with Crippen LogP contribution in [0.2, 0.25) is 0 Å². The maximum absolute atomic E-state index is 12.2. The van der Waals surface area contributed by atoms with Crippen molar-refractivity contribution in [3.63, 3.8) is 0 Å². The van der Waals surface area contributed by atoms with E-state index in [-0.39, 0.29) is 43.0 Å². The number of oxazole rings is 1. The summed E-state index contributed by atoms with van der Waals surface area (Å²) in [6.07, 6.45) is 0.260. The summed E-state index contributed by atoms with van der Waals surface area (Å²) >= 11 is 0. The number of fused-ring (bicyclic) bond motifs is 1. The highest BCUT2D eigenvalue weighted by molar-refractivity contribution is 5.92. The SMILES string of the molecule is O=C(CCCn1c(=O)oc2cc([N+](=O)[O-])ccc21)NNC(=O)c1ccc(COc2ccccc2)o1. The number of carbonyl (C=O) groups is 2. The number of aryl methyl sites for hydroxylation is 1. The van der Waals surface area contributed by atoms with Crippen LogP contribution in [0.5, 0.6) is 5.75 Å². The number of carbonyl (C=O) groups excluding carboxylic acids is 2. The Morgan fingerprint density at radius 1 is 1.03 bits per heavy atom. The van der Waals surface area contributed by atoms with E-state index in [2.05, 4.69) is 10.9 Å². The van der Waals surface area contributed by atoms with E-state index in [9.17, 15) is 24.5 Å². The Labute approximate surface area is 197 Å². The number of rotatable bonds is 9. The quantitative estimate of drug-likeness (QED) is 0.273. The number of nitro benzene ring substituents is 1. The number of para-hydroxylation sites is 1. The molecule has 12 heteroatoms. The highest BCUT2D eigenvalue weighted by atomic mass is 16.6. The van der Waals surface area contributed by atoms with Gasteiger partial charge in [0.25, 0.3) is 5.69 Å². The van der Waals surface area contributed by atoms with E-state index in [1.807, 2.05) is 18.2 Å². The lowest BCUT2D eigenvalue weighted by Crippen LogP contribution is -2.41. The second-order valence-corrected chi connectivity index (χ2v) is 7.40. The zero-order valence-corrected chi connectivity index (χ0v) is 18.3. The van der Waals surface area contributed by atoms with Gasteiger partial charge in [-0.25, -0.2) is 4.79 Å². The average Bonchev–Trinajstić information content (AvgIpc) is 3.45. The van der Waals surface area contributed by atoms with Crippen LogP contribution >= 0.6 is 0 Å². The molecule has 0 saturated carbocycles. The highest BCUT2D eigenvalue weighted by Crippen LogP contribution is 2.20. The maximum Gasteiger partial charge on any atom is 0.419 e. The zero-order valence-electron chi connectivity index (χ0n) is 18.3. The third-order valence-electron chi connectivity index (χ3n) is 4.97. The molecule has 2 amide bonds. The lowest BCUT2D eigenvalue weighted by atomic mass is 10.2. The Hall–Kier alpha value is -4.87. The Balaban J connectivity index is 1.23. The summed E-state index contributed by atoms with van der Waals surface area (Å²) in [4.78, 5) is 46.6. The van der Waals surface area contributed by atoms with Gasteiger partial charge >= 0.3 is 11.7 Å². The van der Waals surface area contributed by atoms with Crippen molar-refractivity contribution in [2.45, 2.75) is 26.0 Å². The van der Waals surface area contributed by atoms with E-state index in [1.165, 1.54) is 28.8 Å². The zero-order chi connectivity index (χ0) is 24.8. The van der Waals surface area contributed by atoms with Crippen LogP contribution < -0.4 is 21.3 Å². The topological polar surface area (TPSA) is 159 Å². The third kappa shape index (κ3) is 5.74. The summed E-state index contributed by atoms with van der Waals surface area (Å²) in [5.41, 5.74) is 4.83. The molecule has 0 bridgehead atoms. The fourth-order valence-corrected chi connectivity index (χ4v) is 3.28. The van der Waals surface area contributed by atoms with Crippen molar-refractivity contribution in [3.8, 4) is 5.75 Å². The van der Waals surface area contributed by atoms with Gasteiger partial charge in [0, 0.05) is 19.0 Å². The molecule has 0 spiro atoms. The number of aromatic nitrogens is 1. The summed E-state index contributed by atoms with van der Waals surface area (Å²) in [6.45, 7) is 0.285. The molecule has 4 rings (SSSR count). The second kappa shape index (κ2) is 10.4. The number of benzene rings is 2. The predicted octanol–water partition coefficient (Wildman–Crippen LogP) is 2.92. The lowest BCUT2D eigenvalue weighted by molar-refractivity contribution is -0.384. The number of hydrazine groups is 1. The van der Waals surface area contributed by atoms with Gasteiger partial charge in [-0.1, -0.05) is 18.2 Å². The maximum atomic E-state index is 12.2. The van der Waals surface area contributed by atoms with Crippen LogP contribution in [0, 0.1) is 10.1 Å². The van der Waals surface area contributed by atoms with Gasteiger partial charge in [-0.05, 0) is 36.8 Å². The van der Waals surface area contributed by atoms with Gasteiger partial charge in [0.1, 0.15) is 18.1 Å². The Bertz CT molecular complexity index is 1420. The van der Waals surface area contributed by atoms with E-state index >= 15 is 0 Å². The van der Waals surface area contributed by atoms with Gasteiger partial charge in [0.05, 0.1) is 16.5 Å². The van der Waals surface area contributed by atoms with Crippen LogP contribution in [0.15, 0.2) is 74.3 Å². The largest absolute Gasteiger partial charge is 0.486 e. The summed E-state index contributed by atoms with van der Waals surface area (Å²) in [5.74, 6) is -0.693. The highest BCUT2D eigenvalue weighted by Gasteiger charge is 2.15. The number of hydrogen-bond acceptors (Lipinski definition) is 8. The van der Waals surface area contributed by atoms with Crippen LogP contribution in [0.25, 0.3) is 11.1 Å². The molecule has 0 unspecified atom stereocenters. The van der Waals surface area contributed by atoms with Gasteiger partial charge in [-0.2, -0.15) is 0 Å². The van der Waals surface area contributed by atoms with Crippen LogP contribution in [0.3, 0.4) is 0 Å². The fourth-order valence-electron chi connectivity index (χ4n) is 3.28. The lowest BCUT2D eigenvalue weighted by Gasteiger charge is -2.06. The van der Waals surface area contributed by atoms with Gasteiger partial charge in [0.15, 0.2) is 11.3 Å². The van der Waals surface area contributed by atoms with Crippen molar-refractivity contribution in [1.82, 2.24) is 15.4 Å². The molecule has 35 heavy (non-hydrogen) atoms. The molecule has 2 aromatic carbocycles. The van der Waals surface area contributed by atoms with E-state index in [0.717, 1.165) is 0 Å². The molecule has 0 fully saturated rings. The van der Waals surface area contributed by atoms with Crippen LogP contribution in [-0.4, -0.2) is 21.3 Å². The average molecular weight is 480 g/mol. The van der Waals surface area contributed by atoms with Crippen LogP contribution in [-0.2, 0) is 17.9 Å². The molecule has 0 aliphatic heterocycles. The minimum absolute atomic E-state index is 0.000690. The fraction of sp³-hybridized carbons (Fsp3) is 0.174. The summed E-state index contributed by atoms with van der Waals surface area (Å²) in [5, 5.41) is 10.9. The van der Waals surface area contributed by atoms with Crippen LogP contribution in [0.4, 0.5) is 5.69 Å². The molecular formula is C23H20N4O8. The monoisotopic (exact) mass is 480 g/mol. The molecular weight excluding hydrogens is 460 g/mol. The number of hydrogen-bond donors (Lipinski definition) is 2. The van der Waals surface area contributed by atoms with Crippen molar-refractivity contribution < 1.29 is 28.1 Å². The van der Waals surface area contributed by atoms with Crippen molar-refractivity contribution in [3.05, 3.63) is 92.8 Å². The molecule has 2 aromatic heterocycles. The first-order chi connectivity index (χ1) is 16.9. The second-order valence-electron chi connectivity index (χ2n) is 7.40. The molecule has 2 N–H and O–H groups in total. The van der Waals surface area contributed by atoms with Crippen molar-refractivity contribution in [2.24, 2.45) is 0 Å². The van der Waals surface area contributed by atoms with E-state index in [4.69, 9.17) is 13.6 Å². The van der Waals surface area contributed by atoms with Gasteiger partial charge < -0.3 is 13.6 Å². The molecule has 0 aliphatic rings. The third-order valence-corrected chi connectivity index (χ3v) is 4.97. The number of nitrogens with one attached hydrogen (secondary N) is 2. The first-order valence-corrected chi connectivity index (χ1v) is 10.5. The Morgan fingerprint density at radius 3 is 2.60 bits per heavy atom. The first kappa shape index (κ1) is 23.3. The van der Waals surface area contributed by atoms with E-state index in [0.29, 0.717) is 17.0 Å².